The van der Waals surface area contributed by atoms with E-state index in [0.29, 0.717) is 48.7 Å². The van der Waals surface area contributed by atoms with Crippen LogP contribution < -0.4 is 15.4 Å². The molecule has 0 spiro atoms. The number of amides is 1. The molecule has 1 aromatic heterocycles. The van der Waals surface area contributed by atoms with Crippen molar-refractivity contribution in [2.45, 2.75) is 64.3 Å². The van der Waals surface area contributed by atoms with Crippen molar-refractivity contribution >= 4 is 42.6 Å². The van der Waals surface area contributed by atoms with Gasteiger partial charge in [0.15, 0.2) is 0 Å². The number of hydrogen-bond acceptors (Lipinski definition) is 10. The van der Waals surface area contributed by atoms with Crippen molar-refractivity contribution in [3.63, 3.8) is 0 Å². The highest BCUT2D eigenvalue weighted by Gasteiger charge is 2.38. The summed E-state index contributed by atoms with van der Waals surface area (Å²) in [5.74, 6) is -1.99. The molecule has 1 amide bonds. The zero-order valence-corrected chi connectivity index (χ0v) is 28.5. The van der Waals surface area contributed by atoms with E-state index in [1.165, 1.54) is 12.0 Å². The number of halogens is 3. The van der Waals surface area contributed by atoms with Crippen LogP contribution in [0.15, 0.2) is 36.5 Å². The Bertz CT molecular complexity index is 1760. The Kier molecular flexibility index (Phi) is 10.9. The SMILES string of the molecule is CCOP(=O)(Cc1ccc(Nc2ncc(C(F)(F)F)c(Nc3ccc([C@H]4CC[C@H](C(=O)O)CC4)c4c3C(=O)N(C)C4)n2)c(OC)c1)OCC. The summed E-state index contributed by atoms with van der Waals surface area (Å²) in [4.78, 5) is 34.4. The predicted molar refractivity (Wildman–Crippen MR) is 176 cm³/mol. The average Bonchev–Trinajstić information content (AvgIpc) is 3.35. The molecule has 5 rings (SSSR count). The van der Waals surface area contributed by atoms with Crippen LogP contribution in [0, 0.1) is 5.92 Å². The highest BCUT2D eigenvalue weighted by Crippen LogP contribution is 2.52. The molecule has 1 saturated carbocycles. The van der Waals surface area contributed by atoms with Gasteiger partial charge in [-0.1, -0.05) is 12.1 Å². The van der Waals surface area contributed by atoms with Gasteiger partial charge in [-0.3, -0.25) is 14.2 Å². The van der Waals surface area contributed by atoms with Crippen molar-refractivity contribution in [3.8, 4) is 5.75 Å². The van der Waals surface area contributed by atoms with E-state index in [9.17, 15) is 32.4 Å². The number of benzene rings is 2. The van der Waals surface area contributed by atoms with Gasteiger partial charge in [-0.15, -0.1) is 0 Å². The Hall–Kier alpha value is -4.20. The summed E-state index contributed by atoms with van der Waals surface area (Å²) in [6.07, 6.45) is -1.88. The molecule has 1 aliphatic carbocycles. The molecule has 16 heteroatoms. The van der Waals surface area contributed by atoms with Crippen molar-refractivity contribution in [3.05, 3.63) is 64.3 Å². The molecule has 264 valence electrons. The molecule has 2 aliphatic rings. The number of ether oxygens (including phenoxy) is 1. The molecule has 49 heavy (non-hydrogen) atoms. The highest BCUT2D eigenvalue weighted by molar-refractivity contribution is 7.53. The molecular formula is C33H39F3N5O7P. The molecule has 0 bridgehead atoms. The van der Waals surface area contributed by atoms with Crippen LogP contribution in [0.5, 0.6) is 5.75 Å². The third-order valence-corrected chi connectivity index (χ3v) is 10.8. The van der Waals surface area contributed by atoms with E-state index in [1.807, 2.05) is 0 Å². The van der Waals surface area contributed by atoms with Gasteiger partial charge in [-0.2, -0.15) is 18.2 Å². The molecular weight excluding hydrogens is 666 g/mol. The Balaban J connectivity index is 1.45. The topological polar surface area (TPSA) is 152 Å². The van der Waals surface area contributed by atoms with Crippen LogP contribution >= 0.6 is 7.60 Å². The Labute approximate surface area is 281 Å². The summed E-state index contributed by atoms with van der Waals surface area (Å²) in [5, 5.41) is 15.1. The largest absolute Gasteiger partial charge is 0.495 e. The fourth-order valence-electron chi connectivity index (χ4n) is 6.39. The van der Waals surface area contributed by atoms with Crippen LogP contribution in [0.2, 0.25) is 0 Å². The normalized spacial score (nSPS) is 17.9. The van der Waals surface area contributed by atoms with Crippen molar-refractivity contribution in [1.82, 2.24) is 14.9 Å². The number of carbonyl (C=O) groups excluding carboxylic acids is 1. The lowest BCUT2D eigenvalue weighted by atomic mass is 9.77. The van der Waals surface area contributed by atoms with Gasteiger partial charge in [0.1, 0.15) is 17.1 Å². The molecule has 0 radical (unpaired) electrons. The minimum Gasteiger partial charge on any atom is -0.495 e. The third kappa shape index (κ3) is 8.00. The van der Waals surface area contributed by atoms with Crippen LogP contribution in [0.4, 0.5) is 36.3 Å². The number of aromatic nitrogens is 2. The van der Waals surface area contributed by atoms with E-state index in [0.717, 1.165) is 5.56 Å². The first-order valence-electron chi connectivity index (χ1n) is 15.9. The van der Waals surface area contributed by atoms with Crippen LogP contribution in [0.3, 0.4) is 0 Å². The molecule has 0 saturated heterocycles. The number of anilines is 4. The summed E-state index contributed by atoms with van der Waals surface area (Å²) in [6, 6.07) is 8.23. The van der Waals surface area contributed by atoms with Crippen LogP contribution in [-0.2, 0) is 37.3 Å². The number of rotatable bonds is 13. The predicted octanol–water partition coefficient (Wildman–Crippen LogP) is 7.70. The number of alkyl halides is 3. The maximum absolute atomic E-state index is 14.2. The fraction of sp³-hybridized carbons (Fsp3) is 0.455. The summed E-state index contributed by atoms with van der Waals surface area (Å²) in [6.45, 7) is 4.09. The monoisotopic (exact) mass is 705 g/mol. The third-order valence-electron chi connectivity index (χ3n) is 8.71. The first-order chi connectivity index (χ1) is 23.3. The number of nitrogens with one attached hydrogen (secondary N) is 2. The molecule has 2 heterocycles. The van der Waals surface area contributed by atoms with Gasteiger partial charge in [0.25, 0.3) is 5.91 Å². The van der Waals surface area contributed by atoms with E-state index in [-0.39, 0.29) is 60.7 Å². The van der Waals surface area contributed by atoms with E-state index in [4.69, 9.17) is 13.8 Å². The average molecular weight is 706 g/mol. The number of methoxy groups -OCH3 is 1. The molecule has 0 atom stereocenters. The number of carboxylic acid groups (broad SMARTS) is 1. The molecule has 3 N–H and O–H groups in total. The molecule has 0 unspecified atom stereocenters. The Morgan fingerprint density at radius 3 is 2.35 bits per heavy atom. The molecule has 12 nitrogen and oxygen atoms in total. The molecule has 1 aliphatic heterocycles. The van der Waals surface area contributed by atoms with Gasteiger partial charge in [0.2, 0.25) is 5.95 Å². The number of aliphatic carboxylic acids is 1. The minimum atomic E-state index is -4.82. The maximum Gasteiger partial charge on any atom is 0.421 e. The van der Waals surface area contributed by atoms with Crippen LogP contribution in [0.1, 0.15) is 78.1 Å². The fourth-order valence-corrected chi connectivity index (χ4v) is 8.08. The smallest absolute Gasteiger partial charge is 0.421 e. The second-order valence-corrected chi connectivity index (χ2v) is 14.0. The van der Waals surface area contributed by atoms with Gasteiger partial charge in [-0.25, -0.2) is 4.98 Å². The van der Waals surface area contributed by atoms with Crippen molar-refractivity contribution in [2.75, 3.05) is 38.0 Å². The lowest BCUT2D eigenvalue weighted by Crippen LogP contribution is -2.21. The minimum absolute atomic E-state index is 0.0171. The molecule has 1 fully saturated rings. The Morgan fingerprint density at radius 2 is 1.73 bits per heavy atom. The van der Waals surface area contributed by atoms with Crippen molar-refractivity contribution in [2.24, 2.45) is 5.92 Å². The van der Waals surface area contributed by atoms with E-state index in [2.05, 4.69) is 20.6 Å². The quantitative estimate of drug-likeness (QED) is 0.150. The number of nitrogens with zero attached hydrogens (tertiary/aromatic N) is 3. The zero-order valence-electron chi connectivity index (χ0n) is 27.6. The van der Waals surface area contributed by atoms with E-state index >= 15 is 0 Å². The standard InChI is InChI=1S/C33H39F3N5O7P/c1-5-47-49(45,48-6-2)18-19-7-13-25(27(15-19)46-4)39-32-37-16-24(33(34,35)36)29(40-32)38-26-14-12-22(23-17-41(3)30(42)28(23)26)20-8-10-21(11-9-20)31(43)44/h7,12-16,20-21H,5-6,8-11,17-18H2,1-4H3,(H,43,44)(H2,37,38,39,40)/t20-,21-. The van der Waals surface area contributed by atoms with Gasteiger partial charge in [-0.05, 0) is 80.3 Å². The zero-order chi connectivity index (χ0) is 35.5. The summed E-state index contributed by atoms with van der Waals surface area (Å²) < 4.78 is 71.9. The van der Waals surface area contributed by atoms with Crippen molar-refractivity contribution < 1.29 is 46.2 Å². The van der Waals surface area contributed by atoms with Crippen LogP contribution in [-0.4, -0.2) is 59.2 Å². The van der Waals surface area contributed by atoms with E-state index in [1.54, 1.807) is 51.2 Å². The number of carbonyl (C=O) groups is 2. The second kappa shape index (κ2) is 14.7. The summed E-state index contributed by atoms with van der Waals surface area (Å²) >= 11 is 0. The summed E-state index contributed by atoms with van der Waals surface area (Å²) in [7, 11) is -0.381. The lowest BCUT2D eigenvalue weighted by molar-refractivity contribution is -0.143. The van der Waals surface area contributed by atoms with Gasteiger partial charge < -0.3 is 34.4 Å². The van der Waals surface area contributed by atoms with Gasteiger partial charge in [0.05, 0.1) is 49.3 Å². The van der Waals surface area contributed by atoms with Gasteiger partial charge in [0, 0.05) is 19.8 Å². The number of carboxylic acids is 1. The number of hydrogen-bond donors (Lipinski definition) is 3. The number of fused-ring (bicyclic) bond motifs is 1. The molecule has 3 aromatic rings. The lowest BCUT2D eigenvalue weighted by Gasteiger charge is -2.28. The first kappa shape index (κ1) is 36.1. The highest BCUT2D eigenvalue weighted by atomic mass is 31.2. The Morgan fingerprint density at radius 1 is 1.06 bits per heavy atom. The summed E-state index contributed by atoms with van der Waals surface area (Å²) in [5.41, 5.74) is 1.82. The van der Waals surface area contributed by atoms with Crippen LogP contribution in [0.25, 0.3) is 0 Å². The van der Waals surface area contributed by atoms with Gasteiger partial charge >= 0.3 is 19.7 Å². The maximum atomic E-state index is 14.2. The second-order valence-electron chi connectivity index (χ2n) is 11.9. The first-order valence-corrected chi connectivity index (χ1v) is 17.7. The molecule has 2 aromatic carbocycles. The van der Waals surface area contributed by atoms with Crippen molar-refractivity contribution in [1.29, 1.82) is 0 Å². The van der Waals surface area contributed by atoms with E-state index < -0.39 is 37.0 Å².